The first kappa shape index (κ1) is 18.3. The van der Waals surface area contributed by atoms with Crippen molar-refractivity contribution in [3.63, 3.8) is 0 Å². The maximum absolute atomic E-state index is 5.96. The molecule has 0 aromatic heterocycles. The van der Waals surface area contributed by atoms with Crippen molar-refractivity contribution in [2.45, 2.75) is 19.6 Å². The summed E-state index contributed by atoms with van der Waals surface area (Å²) in [6.45, 7) is 2.16. The molecular formula is C22H23ClN2O. The Balaban J connectivity index is 0.00000196. The van der Waals surface area contributed by atoms with Gasteiger partial charge in [-0.25, -0.2) is 0 Å². The molecule has 1 aliphatic heterocycles. The lowest BCUT2D eigenvalue weighted by Crippen LogP contribution is -2.13. The van der Waals surface area contributed by atoms with Gasteiger partial charge in [0.05, 0.1) is 0 Å². The molecule has 2 N–H and O–H groups in total. The fourth-order valence-corrected chi connectivity index (χ4v) is 3.33. The van der Waals surface area contributed by atoms with E-state index in [0.29, 0.717) is 13.2 Å². The predicted molar refractivity (Wildman–Crippen MR) is 110 cm³/mol. The molecule has 3 aromatic rings. The maximum Gasteiger partial charge on any atom is 0.120 e. The molecule has 0 atom stereocenters. The van der Waals surface area contributed by atoms with Gasteiger partial charge in [0.1, 0.15) is 12.4 Å². The number of rotatable bonds is 5. The molecule has 0 unspecified atom stereocenters. The zero-order valence-corrected chi connectivity index (χ0v) is 15.4. The van der Waals surface area contributed by atoms with Crippen LogP contribution in [0.3, 0.4) is 0 Å². The highest BCUT2D eigenvalue weighted by atomic mass is 35.5. The molecule has 0 spiro atoms. The van der Waals surface area contributed by atoms with Gasteiger partial charge >= 0.3 is 0 Å². The van der Waals surface area contributed by atoms with Crippen LogP contribution in [-0.4, -0.2) is 6.54 Å². The molecule has 1 heterocycles. The average Bonchev–Trinajstić information content (AvgIpc) is 3.10. The van der Waals surface area contributed by atoms with E-state index in [1.807, 2.05) is 18.2 Å². The Morgan fingerprint density at radius 1 is 0.885 bits per heavy atom. The Kier molecular flexibility index (Phi) is 5.82. The molecule has 26 heavy (non-hydrogen) atoms. The lowest BCUT2D eigenvalue weighted by molar-refractivity contribution is 0.306. The minimum Gasteiger partial charge on any atom is -0.489 e. The molecule has 3 aromatic carbocycles. The first-order valence-corrected chi connectivity index (χ1v) is 8.70. The van der Waals surface area contributed by atoms with Crippen molar-refractivity contribution in [1.29, 1.82) is 0 Å². The Bertz CT molecular complexity index is 867. The van der Waals surface area contributed by atoms with Crippen molar-refractivity contribution in [1.82, 2.24) is 0 Å². The number of nitrogens with two attached hydrogens (primary N) is 1. The van der Waals surface area contributed by atoms with Crippen LogP contribution in [0.1, 0.15) is 16.7 Å². The zero-order chi connectivity index (χ0) is 17.1. The van der Waals surface area contributed by atoms with Crippen molar-refractivity contribution in [2.75, 3.05) is 11.4 Å². The zero-order valence-electron chi connectivity index (χ0n) is 14.6. The molecule has 3 nitrogen and oxygen atoms in total. The molecule has 0 radical (unpaired) electrons. The van der Waals surface area contributed by atoms with Gasteiger partial charge in [-0.1, -0.05) is 42.5 Å². The summed E-state index contributed by atoms with van der Waals surface area (Å²) in [5, 5.41) is 0. The maximum atomic E-state index is 5.96. The van der Waals surface area contributed by atoms with Crippen LogP contribution in [0.4, 0.5) is 11.4 Å². The van der Waals surface area contributed by atoms with E-state index in [1.54, 1.807) is 0 Å². The lowest BCUT2D eigenvalue weighted by Gasteiger charge is -2.20. The summed E-state index contributed by atoms with van der Waals surface area (Å²) in [5.74, 6) is 0.931. The predicted octanol–water partition coefficient (Wildman–Crippen LogP) is 4.84. The monoisotopic (exact) mass is 366 g/mol. The Morgan fingerprint density at radius 2 is 1.69 bits per heavy atom. The van der Waals surface area contributed by atoms with Crippen LogP contribution in [0.15, 0.2) is 72.8 Å². The number of benzene rings is 3. The van der Waals surface area contributed by atoms with E-state index in [0.717, 1.165) is 24.3 Å². The second kappa shape index (κ2) is 8.26. The highest BCUT2D eigenvalue weighted by molar-refractivity contribution is 5.85. The smallest absolute Gasteiger partial charge is 0.120 e. The molecule has 0 aliphatic carbocycles. The normalized spacial score (nSPS) is 12.4. The number of ether oxygens (including phenoxy) is 1. The Hall–Kier alpha value is -2.49. The van der Waals surface area contributed by atoms with Crippen molar-refractivity contribution < 1.29 is 4.74 Å². The third kappa shape index (κ3) is 3.85. The van der Waals surface area contributed by atoms with Gasteiger partial charge in [-0.3, -0.25) is 0 Å². The number of fused-ring (bicyclic) bond motifs is 1. The molecular weight excluding hydrogens is 344 g/mol. The third-order valence-electron chi connectivity index (χ3n) is 4.65. The summed E-state index contributed by atoms with van der Waals surface area (Å²) < 4.78 is 5.96. The standard InChI is InChI=1S/C22H22N2O.ClH/c23-15-18-7-4-8-20(13-18)24-12-11-19-14-21(9-10-22(19)24)25-16-17-5-2-1-3-6-17;/h1-10,13-14H,11-12,15-16,23H2;1H. The van der Waals surface area contributed by atoms with Crippen LogP contribution in [0.25, 0.3) is 0 Å². The van der Waals surface area contributed by atoms with Crippen molar-refractivity contribution in [3.05, 3.63) is 89.5 Å². The van der Waals surface area contributed by atoms with Crippen LogP contribution < -0.4 is 15.4 Å². The van der Waals surface area contributed by atoms with Gasteiger partial charge in [0, 0.05) is 24.5 Å². The van der Waals surface area contributed by atoms with Crippen molar-refractivity contribution in [2.24, 2.45) is 5.73 Å². The van der Waals surface area contributed by atoms with Gasteiger partial charge in [0.25, 0.3) is 0 Å². The summed E-state index contributed by atoms with van der Waals surface area (Å²) in [6.07, 6.45) is 1.03. The second-order valence-electron chi connectivity index (χ2n) is 6.34. The van der Waals surface area contributed by atoms with E-state index >= 15 is 0 Å². The topological polar surface area (TPSA) is 38.5 Å². The molecule has 0 fully saturated rings. The number of anilines is 2. The summed E-state index contributed by atoms with van der Waals surface area (Å²) >= 11 is 0. The van der Waals surface area contributed by atoms with E-state index in [9.17, 15) is 0 Å². The fraction of sp³-hybridized carbons (Fsp3) is 0.182. The molecule has 0 amide bonds. The minimum atomic E-state index is 0. The first-order valence-electron chi connectivity index (χ1n) is 8.70. The first-order chi connectivity index (χ1) is 12.3. The van der Waals surface area contributed by atoms with Gasteiger partial charge in [0.15, 0.2) is 0 Å². The quantitative estimate of drug-likeness (QED) is 0.702. The third-order valence-corrected chi connectivity index (χ3v) is 4.65. The Morgan fingerprint density at radius 3 is 2.50 bits per heavy atom. The van der Waals surface area contributed by atoms with E-state index < -0.39 is 0 Å². The fourth-order valence-electron chi connectivity index (χ4n) is 3.33. The SMILES string of the molecule is Cl.NCc1cccc(N2CCc3cc(OCc4ccccc4)ccc32)c1. The second-order valence-corrected chi connectivity index (χ2v) is 6.34. The van der Waals surface area contributed by atoms with Crippen molar-refractivity contribution >= 4 is 23.8 Å². The molecule has 0 saturated heterocycles. The van der Waals surface area contributed by atoms with E-state index in [1.165, 1.54) is 22.5 Å². The van der Waals surface area contributed by atoms with Gasteiger partial charge in [-0.2, -0.15) is 0 Å². The van der Waals surface area contributed by atoms with E-state index in [-0.39, 0.29) is 12.4 Å². The van der Waals surface area contributed by atoms with E-state index in [4.69, 9.17) is 10.5 Å². The van der Waals surface area contributed by atoms with Crippen LogP contribution in [0.2, 0.25) is 0 Å². The molecule has 4 rings (SSSR count). The lowest BCUT2D eigenvalue weighted by atomic mass is 10.1. The summed E-state index contributed by atoms with van der Waals surface area (Å²) in [5.41, 5.74) is 11.9. The number of hydrogen-bond donors (Lipinski definition) is 1. The molecule has 134 valence electrons. The molecule has 0 bridgehead atoms. The van der Waals surface area contributed by atoms with Gasteiger partial charge in [-0.15, -0.1) is 12.4 Å². The van der Waals surface area contributed by atoms with Crippen LogP contribution in [0, 0.1) is 0 Å². The van der Waals surface area contributed by atoms with Gasteiger partial charge in [-0.05, 0) is 53.4 Å². The van der Waals surface area contributed by atoms with Gasteiger partial charge < -0.3 is 15.4 Å². The molecule has 4 heteroatoms. The summed E-state index contributed by atoms with van der Waals surface area (Å²) in [4.78, 5) is 2.36. The molecule has 0 saturated carbocycles. The van der Waals surface area contributed by atoms with Crippen LogP contribution in [0.5, 0.6) is 5.75 Å². The van der Waals surface area contributed by atoms with Crippen molar-refractivity contribution in [3.8, 4) is 5.75 Å². The summed E-state index contributed by atoms with van der Waals surface area (Å²) in [7, 11) is 0. The highest BCUT2D eigenvalue weighted by Crippen LogP contribution is 2.36. The molecule has 1 aliphatic rings. The van der Waals surface area contributed by atoms with Crippen LogP contribution >= 0.6 is 12.4 Å². The number of nitrogens with zero attached hydrogens (tertiary/aromatic N) is 1. The largest absolute Gasteiger partial charge is 0.489 e. The number of hydrogen-bond acceptors (Lipinski definition) is 3. The highest BCUT2D eigenvalue weighted by Gasteiger charge is 2.21. The average molecular weight is 367 g/mol. The van der Waals surface area contributed by atoms with E-state index in [2.05, 4.69) is 59.5 Å². The van der Waals surface area contributed by atoms with Gasteiger partial charge in [0.2, 0.25) is 0 Å². The Labute approximate surface area is 160 Å². The number of halogens is 1. The van der Waals surface area contributed by atoms with Crippen LogP contribution in [-0.2, 0) is 19.6 Å². The summed E-state index contributed by atoms with van der Waals surface area (Å²) in [6, 6.07) is 25.1. The minimum absolute atomic E-state index is 0.